The fourth-order valence-corrected chi connectivity index (χ4v) is 2.29. The molecule has 2 aromatic carbocycles. The van der Waals surface area contributed by atoms with Crippen LogP contribution in [0.2, 0.25) is 0 Å². The lowest BCUT2D eigenvalue weighted by molar-refractivity contribution is -0.121. The van der Waals surface area contributed by atoms with Crippen molar-refractivity contribution < 1.29 is 19.1 Å². The maximum absolute atomic E-state index is 12.3. The number of benzene rings is 2. The van der Waals surface area contributed by atoms with Gasteiger partial charge < -0.3 is 10.1 Å². The summed E-state index contributed by atoms with van der Waals surface area (Å²) in [6.07, 6.45) is 0.154. The highest BCUT2D eigenvalue weighted by molar-refractivity contribution is 5.99. The van der Waals surface area contributed by atoms with Crippen molar-refractivity contribution in [2.75, 3.05) is 11.9 Å². The molecule has 0 bridgehead atoms. The number of hydrazine groups is 1. The first-order valence-corrected chi connectivity index (χ1v) is 8.17. The Kier molecular flexibility index (Phi) is 6.73. The van der Waals surface area contributed by atoms with Gasteiger partial charge in [-0.3, -0.25) is 25.2 Å². The number of hydrogen-bond acceptors (Lipinski definition) is 4. The third-order valence-electron chi connectivity index (χ3n) is 3.37. The van der Waals surface area contributed by atoms with Crippen molar-refractivity contribution in [3.05, 3.63) is 59.7 Å². The fraction of sp³-hybridized carbons (Fsp3) is 0.211. The zero-order chi connectivity index (χ0) is 18.9. The number of rotatable bonds is 6. The van der Waals surface area contributed by atoms with Gasteiger partial charge in [0.2, 0.25) is 11.8 Å². The Morgan fingerprint density at radius 1 is 1.00 bits per heavy atom. The predicted molar refractivity (Wildman–Crippen MR) is 97.7 cm³/mol. The summed E-state index contributed by atoms with van der Waals surface area (Å²) < 4.78 is 5.46. The number of ether oxygens (including phenoxy) is 1. The van der Waals surface area contributed by atoms with Gasteiger partial charge in [-0.1, -0.05) is 30.3 Å². The highest BCUT2D eigenvalue weighted by atomic mass is 16.5. The van der Waals surface area contributed by atoms with Crippen molar-refractivity contribution >= 4 is 23.4 Å². The molecule has 0 aromatic heterocycles. The van der Waals surface area contributed by atoms with Gasteiger partial charge in [-0.05, 0) is 24.6 Å². The van der Waals surface area contributed by atoms with Crippen LogP contribution < -0.4 is 20.9 Å². The monoisotopic (exact) mass is 355 g/mol. The van der Waals surface area contributed by atoms with Crippen molar-refractivity contribution in [3.63, 3.8) is 0 Å². The summed E-state index contributed by atoms with van der Waals surface area (Å²) in [5, 5.41) is 2.63. The summed E-state index contributed by atoms with van der Waals surface area (Å²) in [6, 6.07) is 13.9. The average molecular weight is 355 g/mol. The van der Waals surface area contributed by atoms with E-state index in [9.17, 15) is 14.4 Å². The quantitative estimate of drug-likeness (QED) is 0.691. The molecule has 0 heterocycles. The Morgan fingerprint density at radius 3 is 2.38 bits per heavy atom. The maximum atomic E-state index is 12.3. The third-order valence-corrected chi connectivity index (χ3v) is 3.37. The van der Waals surface area contributed by atoms with Gasteiger partial charge in [-0.15, -0.1) is 0 Å². The second-order valence-corrected chi connectivity index (χ2v) is 5.49. The predicted octanol–water partition coefficient (Wildman–Crippen LogP) is 2.05. The van der Waals surface area contributed by atoms with Crippen molar-refractivity contribution in [1.29, 1.82) is 0 Å². The number of carbonyl (C=O) groups is 3. The first kappa shape index (κ1) is 19.0. The van der Waals surface area contributed by atoms with Crippen molar-refractivity contribution in [2.45, 2.75) is 20.3 Å². The van der Waals surface area contributed by atoms with Crippen LogP contribution in [-0.4, -0.2) is 24.3 Å². The van der Waals surface area contributed by atoms with Crippen LogP contribution in [0.3, 0.4) is 0 Å². The van der Waals surface area contributed by atoms with E-state index < -0.39 is 5.91 Å². The zero-order valence-corrected chi connectivity index (χ0v) is 14.7. The van der Waals surface area contributed by atoms with Gasteiger partial charge in [0.25, 0.3) is 5.91 Å². The summed E-state index contributed by atoms with van der Waals surface area (Å²) in [5.74, 6) is -0.756. The summed E-state index contributed by atoms with van der Waals surface area (Å²) in [5.41, 5.74) is 6.37. The number of carbonyl (C=O) groups excluding carboxylic acids is 3. The summed E-state index contributed by atoms with van der Waals surface area (Å²) in [6.45, 7) is 3.53. The molecule has 0 spiro atoms. The zero-order valence-electron chi connectivity index (χ0n) is 14.7. The molecule has 0 saturated carbocycles. The van der Waals surface area contributed by atoms with E-state index in [1.165, 1.54) is 13.0 Å². The average Bonchev–Trinajstić information content (AvgIpc) is 2.60. The minimum Gasteiger partial charge on any atom is -0.493 e. The van der Waals surface area contributed by atoms with Gasteiger partial charge in [0.05, 0.1) is 18.6 Å². The molecule has 0 aliphatic heterocycles. The van der Waals surface area contributed by atoms with Crippen LogP contribution in [0.5, 0.6) is 5.75 Å². The van der Waals surface area contributed by atoms with Gasteiger partial charge >= 0.3 is 0 Å². The molecular weight excluding hydrogens is 334 g/mol. The second-order valence-electron chi connectivity index (χ2n) is 5.49. The van der Waals surface area contributed by atoms with E-state index in [1.807, 2.05) is 30.3 Å². The molecule has 0 unspecified atom stereocenters. The normalized spacial score (nSPS) is 9.92. The minimum atomic E-state index is -0.510. The molecule has 3 amide bonds. The first-order chi connectivity index (χ1) is 12.5. The van der Waals surface area contributed by atoms with Crippen molar-refractivity contribution in [2.24, 2.45) is 0 Å². The van der Waals surface area contributed by atoms with Gasteiger partial charge in [-0.2, -0.15) is 0 Å². The molecule has 0 aliphatic carbocycles. The van der Waals surface area contributed by atoms with E-state index >= 15 is 0 Å². The van der Waals surface area contributed by atoms with Gasteiger partial charge in [0.1, 0.15) is 5.75 Å². The van der Waals surface area contributed by atoms with Gasteiger partial charge in [-0.25, -0.2) is 0 Å². The van der Waals surface area contributed by atoms with Crippen LogP contribution in [0.1, 0.15) is 29.8 Å². The van der Waals surface area contributed by atoms with Gasteiger partial charge in [0, 0.05) is 18.7 Å². The van der Waals surface area contributed by atoms with E-state index in [4.69, 9.17) is 4.74 Å². The fourth-order valence-electron chi connectivity index (χ4n) is 2.29. The first-order valence-electron chi connectivity index (χ1n) is 8.17. The van der Waals surface area contributed by atoms with Crippen LogP contribution in [0.25, 0.3) is 0 Å². The molecule has 7 nitrogen and oxygen atoms in total. The van der Waals surface area contributed by atoms with Crippen LogP contribution >= 0.6 is 0 Å². The summed E-state index contributed by atoms with van der Waals surface area (Å²) in [7, 11) is 0. The van der Waals surface area contributed by atoms with Crippen LogP contribution in [-0.2, 0) is 16.0 Å². The Hall–Kier alpha value is -3.35. The Bertz CT molecular complexity index is 791. The van der Waals surface area contributed by atoms with Crippen LogP contribution in [0, 0.1) is 0 Å². The van der Waals surface area contributed by atoms with E-state index in [0.29, 0.717) is 18.0 Å². The third kappa shape index (κ3) is 5.62. The lowest BCUT2D eigenvalue weighted by Gasteiger charge is -2.13. The SMILES string of the molecule is CCOc1cc(NC(C)=O)ccc1C(=O)NNC(=O)Cc1ccccc1. The maximum Gasteiger partial charge on any atom is 0.273 e. The molecule has 3 N–H and O–H groups in total. The number of hydrogen-bond donors (Lipinski definition) is 3. The molecule has 2 aromatic rings. The smallest absolute Gasteiger partial charge is 0.273 e. The molecular formula is C19H21N3O4. The molecule has 136 valence electrons. The van der Waals surface area contributed by atoms with E-state index in [1.54, 1.807) is 19.1 Å². The lowest BCUT2D eigenvalue weighted by Crippen LogP contribution is -2.42. The Balaban J connectivity index is 2.01. The second kappa shape index (κ2) is 9.22. The highest BCUT2D eigenvalue weighted by Gasteiger charge is 2.14. The molecule has 0 atom stereocenters. The number of anilines is 1. The largest absolute Gasteiger partial charge is 0.493 e. The number of nitrogens with one attached hydrogen (secondary N) is 3. The van der Waals surface area contributed by atoms with E-state index in [0.717, 1.165) is 5.56 Å². The summed E-state index contributed by atoms with van der Waals surface area (Å²) in [4.78, 5) is 35.4. The molecule has 0 radical (unpaired) electrons. The molecule has 0 aliphatic rings. The highest BCUT2D eigenvalue weighted by Crippen LogP contribution is 2.23. The van der Waals surface area contributed by atoms with Crippen LogP contribution in [0.15, 0.2) is 48.5 Å². The molecule has 2 rings (SSSR count). The molecule has 26 heavy (non-hydrogen) atoms. The van der Waals surface area contributed by atoms with Crippen molar-refractivity contribution in [3.8, 4) is 5.75 Å². The van der Waals surface area contributed by atoms with E-state index in [2.05, 4.69) is 16.2 Å². The Labute approximate surface area is 151 Å². The van der Waals surface area contributed by atoms with Gasteiger partial charge in [0.15, 0.2) is 0 Å². The van der Waals surface area contributed by atoms with Crippen molar-refractivity contribution in [1.82, 2.24) is 10.9 Å². The minimum absolute atomic E-state index is 0.154. The topological polar surface area (TPSA) is 96.5 Å². The van der Waals surface area contributed by atoms with Crippen LogP contribution in [0.4, 0.5) is 5.69 Å². The Morgan fingerprint density at radius 2 is 1.73 bits per heavy atom. The van der Waals surface area contributed by atoms with E-state index in [-0.39, 0.29) is 23.8 Å². The molecule has 0 saturated heterocycles. The summed E-state index contributed by atoms with van der Waals surface area (Å²) >= 11 is 0. The molecule has 7 heteroatoms. The standard InChI is InChI=1S/C19H21N3O4/c1-3-26-17-12-15(20-13(2)23)9-10-16(17)19(25)22-21-18(24)11-14-7-5-4-6-8-14/h4-10,12H,3,11H2,1-2H3,(H,20,23)(H,21,24)(H,22,25). The number of amides is 3. The lowest BCUT2D eigenvalue weighted by atomic mass is 10.1. The molecule has 0 fully saturated rings.